The van der Waals surface area contributed by atoms with Crippen molar-refractivity contribution in [1.82, 2.24) is 24.9 Å². The molecular formula is C23H22N6O2. The van der Waals surface area contributed by atoms with Gasteiger partial charge in [0.05, 0.1) is 11.3 Å². The molecule has 4 aromatic rings. The van der Waals surface area contributed by atoms with E-state index >= 15 is 0 Å². The van der Waals surface area contributed by atoms with E-state index in [1.807, 2.05) is 51.1 Å². The minimum atomic E-state index is -0.513. The second kappa shape index (κ2) is 8.35. The second-order valence-electron chi connectivity index (χ2n) is 7.35. The summed E-state index contributed by atoms with van der Waals surface area (Å²) >= 11 is 0. The zero-order valence-corrected chi connectivity index (χ0v) is 17.5. The van der Waals surface area contributed by atoms with E-state index < -0.39 is 5.91 Å². The number of carbonyl (C=O) groups is 2. The Balaban J connectivity index is 1.51. The SMILES string of the molecule is Cc1ccc(CNC(=O)c2ccccc2NC(=O)c2nc3nc(C)cc(C)n3n2)cc1. The quantitative estimate of drug-likeness (QED) is 0.522. The highest BCUT2D eigenvalue weighted by atomic mass is 16.2. The first-order valence-corrected chi connectivity index (χ1v) is 9.86. The number of aromatic nitrogens is 4. The number of para-hydroxylation sites is 1. The zero-order chi connectivity index (χ0) is 22.0. The number of amides is 2. The number of hydrogen-bond acceptors (Lipinski definition) is 5. The minimum Gasteiger partial charge on any atom is -0.348 e. The molecule has 0 bridgehead atoms. The molecule has 0 aliphatic heterocycles. The van der Waals surface area contributed by atoms with Gasteiger partial charge in [-0.1, -0.05) is 42.0 Å². The second-order valence-corrected chi connectivity index (χ2v) is 7.35. The first-order valence-electron chi connectivity index (χ1n) is 9.86. The van der Waals surface area contributed by atoms with Crippen molar-refractivity contribution in [2.24, 2.45) is 0 Å². The fourth-order valence-electron chi connectivity index (χ4n) is 3.21. The maximum atomic E-state index is 12.8. The van der Waals surface area contributed by atoms with Crippen LogP contribution < -0.4 is 10.6 Å². The normalized spacial score (nSPS) is 10.8. The highest BCUT2D eigenvalue weighted by Crippen LogP contribution is 2.16. The molecule has 2 heterocycles. The molecule has 2 N–H and O–H groups in total. The summed E-state index contributed by atoms with van der Waals surface area (Å²) < 4.78 is 1.52. The van der Waals surface area contributed by atoms with Crippen LogP contribution in [0.4, 0.5) is 5.69 Å². The molecule has 0 spiro atoms. The van der Waals surface area contributed by atoms with Gasteiger partial charge in [0, 0.05) is 17.9 Å². The van der Waals surface area contributed by atoms with E-state index in [1.165, 1.54) is 4.52 Å². The van der Waals surface area contributed by atoms with Gasteiger partial charge in [0.25, 0.3) is 17.6 Å². The van der Waals surface area contributed by atoms with E-state index in [4.69, 9.17) is 0 Å². The van der Waals surface area contributed by atoms with E-state index in [2.05, 4.69) is 25.7 Å². The Labute approximate surface area is 179 Å². The molecule has 2 amide bonds. The minimum absolute atomic E-state index is 0.0175. The van der Waals surface area contributed by atoms with Gasteiger partial charge in [-0.05, 0) is 44.5 Å². The average Bonchev–Trinajstić information content (AvgIpc) is 3.18. The van der Waals surface area contributed by atoms with Crippen molar-refractivity contribution in [2.75, 3.05) is 5.32 Å². The van der Waals surface area contributed by atoms with Gasteiger partial charge < -0.3 is 10.6 Å². The first kappa shape index (κ1) is 20.2. The molecule has 0 atom stereocenters. The predicted octanol–water partition coefficient (Wildman–Crippen LogP) is 3.23. The molecular weight excluding hydrogens is 392 g/mol. The van der Waals surface area contributed by atoms with Gasteiger partial charge in [-0.2, -0.15) is 4.98 Å². The summed E-state index contributed by atoms with van der Waals surface area (Å²) in [6.45, 7) is 6.12. The molecule has 4 rings (SSSR count). The Kier molecular flexibility index (Phi) is 5.44. The largest absolute Gasteiger partial charge is 0.348 e. The molecule has 0 saturated carbocycles. The standard InChI is InChI=1S/C23H22N6O2/c1-14-8-10-17(11-9-14)13-24-21(30)18-6-4-5-7-19(18)26-22(31)20-27-23-25-15(2)12-16(3)29(23)28-20/h4-12H,13H2,1-3H3,(H,24,30)(H,26,31). The fourth-order valence-corrected chi connectivity index (χ4v) is 3.21. The molecule has 2 aromatic heterocycles. The van der Waals surface area contributed by atoms with Crippen molar-refractivity contribution in [3.8, 4) is 0 Å². The molecule has 8 nitrogen and oxygen atoms in total. The Morgan fingerprint density at radius 1 is 0.935 bits per heavy atom. The molecule has 0 radical (unpaired) electrons. The molecule has 0 aliphatic rings. The van der Waals surface area contributed by atoms with Gasteiger partial charge in [-0.25, -0.2) is 9.50 Å². The van der Waals surface area contributed by atoms with Gasteiger partial charge in [0.2, 0.25) is 5.82 Å². The first-order chi connectivity index (χ1) is 14.9. The number of anilines is 1. The fraction of sp³-hybridized carbons (Fsp3) is 0.174. The van der Waals surface area contributed by atoms with Gasteiger partial charge in [-0.15, -0.1) is 5.10 Å². The predicted molar refractivity (Wildman–Crippen MR) is 117 cm³/mol. The average molecular weight is 414 g/mol. The van der Waals surface area contributed by atoms with Crippen LogP contribution in [0.25, 0.3) is 5.78 Å². The van der Waals surface area contributed by atoms with E-state index in [1.54, 1.807) is 24.3 Å². The van der Waals surface area contributed by atoms with Crippen molar-refractivity contribution in [3.05, 3.63) is 88.5 Å². The van der Waals surface area contributed by atoms with Crippen LogP contribution in [0.3, 0.4) is 0 Å². The van der Waals surface area contributed by atoms with Crippen LogP contribution in [0.5, 0.6) is 0 Å². The lowest BCUT2D eigenvalue weighted by atomic mass is 10.1. The summed E-state index contributed by atoms with van der Waals surface area (Å²) in [4.78, 5) is 34.0. The number of nitrogens with one attached hydrogen (secondary N) is 2. The van der Waals surface area contributed by atoms with Crippen LogP contribution in [0.2, 0.25) is 0 Å². The van der Waals surface area contributed by atoms with E-state index in [-0.39, 0.29) is 11.7 Å². The molecule has 156 valence electrons. The van der Waals surface area contributed by atoms with Crippen molar-refractivity contribution in [3.63, 3.8) is 0 Å². The molecule has 0 unspecified atom stereocenters. The summed E-state index contributed by atoms with van der Waals surface area (Å²) in [7, 11) is 0. The molecule has 2 aromatic carbocycles. The Bertz CT molecular complexity index is 1280. The van der Waals surface area contributed by atoms with Gasteiger partial charge in [0.1, 0.15) is 0 Å². The monoisotopic (exact) mass is 414 g/mol. The summed E-state index contributed by atoms with van der Waals surface area (Å²) in [6.07, 6.45) is 0. The van der Waals surface area contributed by atoms with E-state index in [0.717, 1.165) is 22.5 Å². The van der Waals surface area contributed by atoms with E-state index in [0.29, 0.717) is 23.6 Å². The summed E-state index contributed by atoms with van der Waals surface area (Å²) in [5.74, 6) is -0.461. The number of hydrogen-bond donors (Lipinski definition) is 2. The Morgan fingerprint density at radius 2 is 1.68 bits per heavy atom. The summed E-state index contributed by atoms with van der Waals surface area (Å²) in [6, 6.07) is 16.6. The van der Waals surface area contributed by atoms with Crippen LogP contribution in [0.15, 0.2) is 54.6 Å². The maximum absolute atomic E-state index is 12.8. The third kappa shape index (κ3) is 4.42. The smallest absolute Gasteiger partial charge is 0.295 e. The van der Waals surface area contributed by atoms with Crippen molar-refractivity contribution in [2.45, 2.75) is 27.3 Å². The van der Waals surface area contributed by atoms with Gasteiger partial charge >= 0.3 is 0 Å². The van der Waals surface area contributed by atoms with Crippen LogP contribution in [-0.2, 0) is 6.54 Å². The molecule has 0 saturated heterocycles. The third-order valence-corrected chi connectivity index (χ3v) is 4.81. The highest BCUT2D eigenvalue weighted by molar-refractivity contribution is 6.07. The van der Waals surface area contributed by atoms with Crippen LogP contribution in [-0.4, -0.2) is 31.4 Å². The highest BCUT2D eigenvalue weighted by Gasteiger charge is 2.18. The Morgan fingerprint density at radius 3 is 2.45 bits per heavy atom. The number of nitrogens with zero attached hydrogens (tertiary/aromatic N) is 4. The van der Waals surface area contributed by atoms with Crippen LogP contribution in [0.1, 0.15) is 43.5 Å². The van der Waals surface area contributed by atoms with Gasteiger partial charge in [0.15, 0.2) is 0 Å². The van der Waals surface area contributed by atoms with Crippen LogP contribution in [0, 0.1) is 20.8 Å². The molecule has 8 heteroatoms. The zero-order valence-electron chi connectivity index (χ0n) is 17.5. The lowest BCUT2D eigenvalue weighted by molar-refractivity contribution is 0.0952. The lowest BCUT2D eigenvalue weighted by Gasteiger charge is -2.11. The van der Waals surface area contributed by atoms with Crippen molar-refractivity contribution in [1.29, 1.82) is 0 Å². The van der Waals surface area contributed by atoms with E-state index in [9.17, 15) is 9.59 Å². The van der Waals surface area contributed by atoms with Crippen molar-refractivity contribution < 1.29 is 9.59 Å². The van der Waals surface area contributed by atoms with Crippen LogP contribution >= 0.6 is 0 Å². The summed E-state index contributed by atoms with van der Waals surface area (Å²) in [5.41, 5.74) is 4.51. The molecule has 0 aliphatic carbocycles. The Hall–Kier alpha value is -4.07. The molecule has 0 fully saturated rings. The maximum Gasteiger partial charge on any atom is 0.295 e. The van der Waals surface area contributed by atoms with Gasteiger partial charge in [-0.3, -0.25) is 9.59 Å². The third-order valence-electron chi connectivity index (χ3n) is 4.81. The topological polar surface area (TPSA) is 101 Å². The number of fused-ring (bicyclic) bond motifs is 1. The molecule has 31 heavy (non-hydrogen) atoms. The lowest BCUT2D eigenvalue weighted by Crippen LogP contribution is -2.25. The number of carbonyl (C=O) groups excluding carboxylic acids is 2. The summed E-state index contributed by atoms with van der Waals surface area (Å²) in [5, 5.41) is 9.87. The number of benzene rings is 2. The number of rotatable bonds is 5. The van der Waals surface area contributed by atoms with Crippen molar-refractivity contribution >= 4 is 23.3 Å². The number of aryl methyl sites for hydroxylation is 3.